The Labute approximate surface area is 184 Å². The molecule has 0 spiro atoms. The summed E-state index contributed by atoms with van der Waals surface area (Å²) in [6.45, 7) is -0.143. The lowest BCUT2D eigenvalue weighted by atomic mass is 10.2. The van der Waals surface area contributed by atoms with Crippen molar-refractivity contribution in [2.75, 3.05) is 11.3 Å². The normalized spacial score (nSPS) is 11.9. The number of carbonyl (C=O) groups excluding carboxylic acids is 2. The Bertz CT molecular complexity index is 1110. The number of anilines is 1. The summed E-state index contributed by atoms with van der Waals surface area (Å²) in [6.07, 6.45) is 3.51. The van der Waals surface area contributed by atoms with Gasteiger partial charge in [0.1, 0.15) is 18.5 Å². The molecule has 0 unspecified atom stereocenters. The molecule has 12 nitrogen and oxygen atoms in total. The van der Waals surface area contributed by atoms with Crippen molar-refractivity contribution in [2.45, 2.75) is 31.2 Å². The fourth-order valence-electron chi connectivity index (χ4n) is 2.73. The van der Waals surface area contributed by atoms with Gasteiger partial charge in [-0.3, -0.25) is 23.9 Å². The number of nitrogens with zero attached hydrogens (tertiary/aromatic N) is 3. The van der Waals surface area contributed by atoms with Crippen LogP contribution in [0.15, 0.2) is 52.6 Å². The van der Waals surface area contributed by atoms with Crippen LogP contribution in [0.25, 0.3) is 0 Å². The van der Waals surface area contributed by atoms with Gasteiger partial charge in [0.15, 0.2) is 5.96 Å². The van der Waals surface area contributed by atoms with Gasteiger partial charge in [0.05, 0.1) is 24.3 Å². The fourth-order valence-corrected chi connectivity index (χ4v) is 3.91. The van der Waals surface area contributed by atoms with E-state index in [1.807, 2.05) is 0 Å². The third-order valence-corrected chi connectivity index (χ3v) is 5.40. The van der Waals surface area contributed by atoms with Gasteiger partial charge in [-0.25, -0.2) is 13.4 Å². The maximum Gasteiger partial charge on any atom is 0.278 e. The van der Waals surface area contributed by atoms with Crippen LogP contribution in [0.4, 0.5) is 5.69 Å². The number of nitrogens with two attached hydrogens (primary N) is 2. The Morgan fingerprint density at radius 2 is 1.97 bits per heavy atom. The summed E-state index contributed by atoms with van der Waals surface area (Å²) in [5.74, 6) is -1.01. The van der Waals surface area contributed by atoms with Crippen LogP contribution in [0.3, 0.4) is 0 Å². The third-order valence-electron chi connectivity index (χ3n) is 4.16. The van der Waals surface area contributed by atoms with Crippen molar-refractivity contribution in [1.82, 2.24) is 14.9 Å². The standard InChI is InChI=1S/C19H25N7O5S/c20-19(21)23-8-4-7-15(11-27)24-17(28)10-26-13-22-9-16(18(26)29)25-32(30,31)12-14-5-2-1-3-6-14/h1-3,5-6,9,11,13,15,25H,4,7-8,10,12H2,(H,24,28)(H4,20,21,23)/t15-/m0/s1. The Morgan fingerprint density at radius 1 is 1.25 bits per heavy atom. The van der Waals surface area contributed by atoms with Crippen molar-refractivity contribution in [3.63, 3.8) is 0 Å². The van der Waals surface area contributed by atoms with E-state index in [2.05, 4.69) is 20.0 Å². The van der Waals surface area contributed by atoms with Crippen molar-refractivity contribution in [2.24, 2.45) is 16.5 Å². The number of amides is 1. The molecule has 2 aromatic rings. The monoisotopic (exact) mass is 463 g/mol. The van der Waals surface area contributed by atoms with Gasteiger partial charge in [-0.1, -0.05) is 30.3 Å². The van der Waals surface area contributed by atoms with E-state index < -0.39 is 34.1 Å². The molecule has 0 bridgehead atoms. The third kappa shape index (κ3) is 8.18. The molecule has 0 saturated carbocycles. The summed E-state index contributed by atoms with van der Waals surface area (Å²) < 4.78 is 27.9. The molecule has 0 aliphatic carbocycles. The van der Waals surface area contributed by atoms with Gasteiger partial charge in [0.25, 0.3) is 5.56 Å². The van der Waals surface area contributed by atoms with Crippen LogP contribution in [0, 0.1) is 0 Å². The zero-order valence-electron chi connectivity index (χ0n) is 17.2. The molecule has 1 aromatic heterocycles. The predicted molar refractivity (Wildman–Crippen MR) is 119 cm³/mol. The molecule has 1 heterocycles. The van der Waals surface area contributed by atoms with Gasteiger partial charge in [0.2, 0.25) is 15.9 Å². The maximum absolute atomic E-state index is 12.6. The van der Waals surface area contributed by atoms with E-state index in [4.69, 9.17) is 11.5 Å². The molecule has 0 aliphatic heterocycles. The highest BCUT2D eigenvalue weighted by atomic mass is 32.2. The second-order valence-corrected chi connectivity index (χ2v) is 8.57. The first-order valence-electron chi connectivity index (χ1n) is 9.59. The van der Waals surface area contributed by atoms with Crippen molar-refractivity contribution in [1.29, 1.82) is 0 Å². The molecule has 2 rings (SSSR count). The highest BCUT2D eigenvalue weighted by Gasteiger charge is 2.17. The Kier molecular flexibility index (Phi) is 8.89. The zero-order valence-corrected chi connectivity index (χ0v) is 18.0. The van der Waals surface area contributed by atoms with Crippen LogP contribution in [-0.2, 0) is 31.9 Å². The average Bonchev–Trinajstić information content (AvgIpc) is 2.73. The van der Waals surface area contributed by atoms with Crippen molar-refractivity contribution in [3.05, 3.63) is 58.8 Å². The van der Waals surface area contributed by atoms with E-state index in [0.717, 1.165) is 17.1 Å². The van der Waals surface area contributed by atoms with Gasteiger partial charge in [0, 0.05) is 6.54 Å². The second kappa shape index (κ2) is 11.6. The number of benzene rings is 1. The predicted octanol–water partition coefficient (Wildman–Crippen LogP) is -1.08. The first-order chi connectivity index (χ1) is 15.2. The van der Waals surface area contributed by atoms with E-state index in [1.54, 1.807) is 30.3 Å². The molecule has 1 atom stereocenters. The Morgan fingerprint density at radius 3 is 2.62 bits per heavy atom. The molecule has 1 amide bonds. The number of hydrogen-bond acceptors (Lipinski definition) is 7. The minimum Gasteiger partial charge on any atom is -0.370 e. The van der Waals surface area contributed by atoms with Crippen LogP contribution in [0.1, 0.15) is 18.4 Å². The van der Waals surface area contributed by atoms with Gasteiger partial charge < -0.3 is 21.6 Å². The summed E-state index contributed by atoms with van der Waals surface area (Å²) in [5.41, 5.74) is 9.94. The average molecular weight is 464 g/mol. The van der Waals surface area contributed by atoms with Crippen molar-refractivity contribution >= 4 is 33.9 Å². The molecule has 0 saturated heterocycles. The molecular weight excluding hydrogens is 438 g/mol. The highest BCUT2D eigenvalue weighted by Crippen LogP contribution is 2.08. The van der Waals surface area contributed by atoms with E-state index in [-0.39, 0.29) is 17.4 Å². The summed E-state index contributed by atoms with van der Waals surface area (Å²) in [6, 6.07) is 7.67. The first-order valence-corrected chi connectivity index (χ1v) is 11.2. The molecule has 32 heavy (non-hydrogen) atoms. The summed E-state index contributed by atoms with van der Waals surface area (Å²) in [4.78, 5) is 43.6. The number of hydrogen-bond donors (Lipinski definition) is 4. The number of aliphatic imine (C=N–C) groups is 1. The van der Waals surface area contributed by atoms with Crippen molar-refractivity contribution < 1.29 is 18.0 Å². The van der Waals surface area contributed by atoms with Crippen LogP contribution in [0.5, 0.6) is 0 Å². The Balaban J connectivity index is 2.00. The van der Waals surface area contributed by atoms with E-state index in [1.165, 1.54) is 0 Å². The zero-order chi connectivity index (χ0) is 23.6. The number of aromatic nitrogens is 2. The van der Waals surface area contributed by atoms with Gasteiger partial charge >= 0.3 is 0 Å². The highest BCUT2D eigenvalue weighted by molar-refractivity contribution is 7.91. The molecular formula is C19H25N7O5S. The SMILES string of the molecule is NC(N)=NCCC[C@@H](C=O)NC(=O)Cn1cncc(NS(=O)(=O)Cc2ccccc2)c1=O. The molecule has 0 radical (unpaired) electrons. The molecule has 6 N–H and O–H groups in total. The Hall–Kier alpha value is -3.74. The number of rotatable bonds is 12. The summed E-state index contributed by atoms with van der Waals surface area (Å²) in [7, 11) is -3.88. The second-order valence-electron chi connectivity index (χ2n) is 6.85. The lowest BCUT2D eigenvalue weighted by molar-refractivity contribution is -0.124. The van der Waals surface area contributed by atoms with E-state index in [0.29, 0.717) is 31.2 Å². The minimum absolute atomic E-state index is 0.0668. The first kappa shape index (κ1) is 24.5. The van der Waals surface area contributed by atoms with Crippen molar-refractivity contribution in [3.8, 4) is 0 Å². The van der Waals surface area contributed by atoms with Crippen LogP contribution in [-0.4, -0.2) is 48.7 Å². The summed E-state index contributed by atoms with van der Waals surface area (Å²) >= 11 is 0. The number of carbonyl (C=O) groups is 2. The largest absolute Gasteiger partial charge is 0.370 e. The number of nitrogens with one attached hydrogen (secondary N) is 2. The fraction of sp³-hybridized carbons (Fsp3) is 0.316. The molecule has 13 heteroatoms. The van der Waals surface area contributed by atoms with Gasteiger partial charge in [-0.15, -0.1) is 0 Å². The van der Waals surface area contributed by atoms with E-state index in [9.17, 15) is 22.8 Å². The topological polar surface area (TPSA) is 192 Å². The molecule has 0 aliphatic rings. The molecule has 0 fully saturated rings. The molecule has 172 valence electrons. The van der Waals surface area contributed by atoms with Crippen LogP contribution >= 0.6 is 0 Å². The smallest absolute Gasteiger partial charge is 0.278 e. The minimum atomic E-state index is -3.88. The molecule has 1 aromatic carbocycles. The van der Waals surface area contributed by atoms with E-state index >= 15 is 0 Å². The quantitative estimate of drug-likeness (QED) is 0.132. The lowest BCUT2D eigenvalue weighted by Gasteiger charge is -2.13. The summed E-state index contributed by atoms with van der Waals surface area (Å²) in [5, 5.41) is 2.49. The van der Waals surface area contributed by atoms with Crippen LogP contribution < -0.4 is 27.1 Å². The number of aldehydes is 1. The number of guanidine groups is 1. The number of sulfonamides is 1. The van der Waals surface area contributed by atoms with Gasteiger partial charge in [-0.05, 0) is 18.4 Å². The van der Waals surface area contributed by atoms with Crippen LogP contribution in [0.2, 0.25) is 0 Å². The lowest BCUT2D eigenvalue weighted by Crippen LogP contribution is -2.40. The van der Waals surface area contributed by atoms with Gasteiger partial charge in [-0.2, -0.15) is 0 Å². The maximum atomic E-state index is 12.6.